The second-order valence-corrected chi connectivity index (χ2v) is 3.89. The Morgan fingerprint density at radius 3 is 3.00 bits per heavy atom. The van der Waals surface area contributed by atoms with Crippen LogP contribution in [0, 0.1) is 11.3 Å². The summed E-state index contributed by atoms with van der Waals surface area (Å²) in [4.78, 5) is 4.10. The van der Waals surface area contributed by atoms with Gasteiger partial charge in [0, 0.05) is 6.20 Å². The Bertz CT molecular complexity index is 545. The third-order valence-electron chi connectivity index (χ3n) is 2.33. The van der Waals surface area contributed by atoms with Crippen LogP contribution in [0.5, 0.6) is 0 Å². The second kappa shape index (κ2) is 4.89. The van der Waals surface area contributed by atoms with Gasteiger partial charge < -0.3 is 9.73 Å². The fourth-order valence-electron chi connectivity index (χ4n) is 1.44. The minimum Gasteiger partial charge on any atom is -0.467 e. The molecule has 0 aliphatic rings. The minimum atomic E-state index is -0.0658. The summed E-state index contributed by atoms with van der Waals surface area (Å²) < 4.78 is 5.27. The molecule has 0 bridgehead atoms. The SMILES string of the molecule is CC(Nc1nccc(C#N)c1Cl)c1ccco1. The van der Waals surface area contributed by atoms with Gasteiger partial charge in [-0.2, -0.15) is 5.26 Å². The van der Waals surface area contributed by atoms with Crippen LogP contribution in [-0.4, -0.2) is 4.98 Å². The molecule has 0 radical (unpaired) electrons. The summed E-state index contributed by atoms with van der Waals surface area (Å²) in [5, 5.41) is 12.3. The maximum Gasteiger partial charge on any atom is 0.146 e. The van der Waals surface area contributed by atoms with E-state index in [1.807, 2.05) is 25.1 Å². The van der Waals surface area contributed by atoms with Crippen LogP contribution in [0.25, 0.3) is 0 Å². The average molecular weight is 248 g/mol. The summed E-state index contributed by atoms with van der Waals surface area (Å²) in [6, 6.07) is 7.19. The van der Waals surface area contributed by atoms with Gasteiger partial charge in [0.05, 0.1) is 17.9 Å². The van der Waals surface area contributed by atoms with E-state index in [-0.39, 0.29) is 6.04 Å². The van der Waals surface area contributed by atoms with E-state index in [9.17, 15) is 0 Å². The number of halogens is 1. The van der Waals surface area contributed by atoms with E-state index in [0.717, 1.165) is 5.76 Å². The molecule has 1 unspecified atom stereocenters. The zero-order valence-electron chi connectivity index (χ0n) is 9.14. The monoisotopic (exact) mass is 247 g/mol. The molecule has 2 heterocycles. The number of aromatic nitrogens is 1. The lowest BCUT2D eigenvalue weighted by Gasteiger charge is -2.13. The fourth-order valence-corrected chi connectivity index (χ4v) is 1.65. The van der Waals surface area contributed by atoms with Crippen LogP contribution in [0.15, 0.2) is 35.1 Å². The lowest BCUT2D eigenvalue weighted by atomic mass is 10.2. The highest BCUT2D eigenvalue weighted by molar-refractivity contribution is 6.34. The smallest absolute Gasteiger partial charge is 0.146 e. The Hall–Kier alpha value is -1.99. The molecular weight excluding hydrogens is 238 g/mol. The first-order chi connectivity index (χ1) is 8.22. The molecule has 5 heteroatoms. The number of pyridine rings is 1. The Kier molecular flexibility index (Phi) is 3.31. The van der Waals surface area contributed by atoms with Crippen molar-refractivity contribution in [3.8, 4) is 6.07 Å². The van der Waals surface area contributed by atoms with E-state index in [1.165, 1.54) is 0 Å². The molecule has 2 rings (SSSR count). The van der Waals surface area contributed by atoms with Crippen LogP contribution in [0.1, 0.15) is 24.3 Å². The molecule has 1 N–H and O–H groups in total. The second-order valence-electron chi connectivity index (χ2n) is 3.51. The van der Waals surface area contributed by atoms with Crippen molar-refractivity contribution in [2.24, 2.45) is 0 Å². The van der Waals surface area contributed by atoms with Gasteiger partial charge in [-0.25, -0.2) is 4.98 Å². The number of furan rings is 1. The topological polar surface area (TPSA) is 61.9 Å². The Morgan fingerprint density at radius 2 is 2.35 bits per heavy atom. The van der Waals surface area contributed by atoms with Crippen LogP contribution in [-0.2, 0) is 0 Å². The molecule has 0 saturated carbocycles. The zero-order chi connectivity index (χ0) is 12.3. The molecule has 0 fully saturated rings. The number of rotatable bonds is 3. The van der Waals surface area contributed by atoms with Crippen molar-refractivity contribution < 1.29 is 4.42 Å². The first-order valence-electron chi connectivity index (χ1n) is 5.07. The van der Waals surface area contributed by atoms with Gasteiger partial charge >= 0.3 is 0 Å². The van der Waals surface area contributed by atoms with Crippen LogP contribution in [0.3, 0.4) is 0 Å². The number of hydrogen-bond donors (Lipinski definition) is 1. The highest BCUT2D eigenvalue weighted by Gasteiger charge is 2.12. The van der Waals surface area contributed by atoms with Crippen molar-refractivity contribution in [3.63, 3.8) is 0 Å². The summed E-state index contributed by atoms with van der Waals surface area (Å²) in [5.74, 6) is 1.26. The first-order valence-corrected chi connectivity index (χ1v) is 5.44. The van der Waals surface area contributed by atoms with E-state index in [4.69, 9.17) is 21.3 Å². The van der Waals surface area contributed by atoms with Crippen molar-refractivity contribution in [2.45, 2.75) is 13.0 Å². The number of nitrogens with zero attached hydrogens (tertiary/aromatic N) is 2. The lowest BCUT2D eigenvalue weighted by Crippen LogP contribution is -2.07. The maximum absolute atomic E-state index is 8.85. The van der Waals surface area contributed by atoms with E-state index in [2.05, 4.69) is 10.3 Å². The summed E-state index contributed by atoms with van der Waals surface area (Å²) >= 11 is 6.04. The van der Waals surface area contributed by atoms with Crippen molar-refractivity contribution in [2.75, 3.05) is 5.32 Å². The van der Waals surface area contributed by atoms with Crippen LogP contribution in [0.4, 0.5) is 5.82 Å². The van der Waals surface area contributed by atoms with E-state index >= 15 is 0 Å². The molecular formula is C12H10ClN3O. The molecule has 0 aliphatic heterocycles. The normalized spacial score (nSPS) is 11.8. The summed E-state index contributed by atoms with van der Waals surface area (Å²) in [7, 11) is 0. The summed E-state index contributed by atoms with van der Waals surface area (Å²) in [6.45, 7) is 1.93. The van der Waals surface area contributed by atoms with Crippen molar-refractivity contribution in [3.05, 3.63) is 47.0 Å². The molecule has 0 spiro atoms. The van der Waals surface area contributed by atoms with Crippen LogP contribution in [0.2, 0.25) is 5.02 Å². The molecule has 0 amide bonds. The summed E-state index contributed by atoms with van der Waals surface area (Å²) in [6.07, 6.45) is 3.15. The largest absolute Gasteiger partial charge is 0.467 e. The predicted octanol–water partition coefficient (Wildman–Crippen LogP) is 3.37. The van der Waals surface area contributed by atoms with E-state index in [1.54, 1.807) is 18.5 Å². The average Bonchev–Trinajstić information content (AvgIpc) is 2.85. The molecule has 0 saturated heterocycles. The van der Waals surface area contributed by atoms with Crippen LogP contribution >= 0.6 is 11.6 Å². The number of hydrogen-bond acceptors (Lipinski definition) is 4. The molecule has 17 heavy (non-hydrogen) atoms. The third kappa shape index (κ3) is 2.40. The Morgan fingerprint density at radius 1 is 1.53 bits per heavy atom. The summed E-state index contributed by atoms with van der Waals surface area (Å²) in [5.41, 5.74) is 0.399. The van der Waals surface area contributed by atoms with Gasteiger partial charge in [-0.15, -0.1) is 0 Å². The van der Waals surface area contributed by atoms with Gasteiger partial charge in [-0.3, -0.25) is 0 Å². The highest BCUT2D eigenvalue weighted by Crippen LogP contribution is 2.26. The number of nitriles is 1. The fraction of sp³-hybridized carbons (Fsp3) is 0.167. The number of anilines is 1. The van der Waals surface area contributed by atoms with Gasteiger partial charge in [0.25, 0.3) is 0 Å². The molecule has 1 atom stereocenters. The van der Waals surface area contributed by atoms with Crippen molar-refractivity contribution >= 4 is 17.4 Å². The molecule has 4 nitrogen and oxygen atoms in total. The third-order valence-corrected chi connectivity index (χ3v) is 2.72. The highest BCUT2D eigenvalue weighted by atomic mass is 35.5. The first kappa shape index (κ1) is 11.5. The van der Waals surface area contributed by atoms with Gasteiger partial charge in [0.15, 0.2) is 0 Å². The van der Waals surface area contributed by atoms with Gasteiger partial charge in [-0.05, 0) is 25.1 Å². The molecule has 0 aliphatic carbocycles. The lowest BCUT2D eigenvalue weighted by molar-refractivity contribution is 0.490. The zero-order valence-corrected chi connectivity index (χ0v) is 9.90. The quantitative estimate of drug-likeness (QED) is 0.903. The Balaban J connectivity index is 2.23. The van der Waals surface area contributed by atoms with Crippen molar-refractivity contribution in [1.29, 1.82) is 5.26 Å². The van der Waals surface area contributed by atoms with Crippen molar-refractivity contribution in [1.82, 2.24) is 4.98 Å². The van der Waals surface area contributed by atoms with E-state index in [0.29, 0.717) is 16.4 Å². The molecule has 86 valence electrons. The van der Waals surface area contributed by atoms with Gasteiger partial charge in [0.2, 0.25) is 0 Å². The molecule has 0 aromatic carbocycles. The van der Waals surface area contributed by atoms with E-state index < -0.39 is 0 Å². The maximum atomic E-state index is 8.85. The van der Waals surface area contributed by atoms with Gasteiger partial charge in [-0.1, -0.05) is 11.6 Å². The predicted molar refractivity (Wildman–Crippen MR) is 64.7 cm³/mol. The van der Waals surface area contributed by atoms with Gasteiger partial charge in [0.1, 0.15) is 22.7 Å². The Labute approximate surface area is 104 Å². The van der Waals surface area contributed by atoms with Crippen LogP contribution < -0.4 is 5.32 Å². The molecule has 2 aromatic rings. The minimum absolute atomic E-state index is 0.0658. The standard InChI is InChI=1S/C12H10ClN3O/c1-8(10-3-2-6-17-10)16-12-11(13)9(7-14)4-5-15-12/h2-6,8H,1H3,(H,15,16). The number of nitrogens with one attached hydrogen (secondary N) is 1. The molecule has 2 aromatic heterocycles.